The molecule has 2 N–H and O–H groups in total. The highest BCUT2D eigenvalue weighted by atomic mass is 35.5. The number of hydrogen-bond acceptors (Lipinski definition) is 4. The molecule has 7 heteroatoms. The zero-order valence-electron chi connectivity index (χ0n) is 10.0. The molecule has 0 saturated carbocycles. The Kier molecular flexibility index (Phi) is 4.29. The molecule has 2 rings (SSSR count). The van der Waals surface area contributed by atoms with Crippen LogP contribution in [0.1, 0.15) is 5.76 Å². The van der Waals surface area contributed by atoms with Crippen LogP contribution in [-0.4, -0.2) is 17.6 Å². The summed E-state index contributed by atoms with van der Waals surface area (Å²) in [5.41, 5.74) is 0.470. The maximum absolute atomic E-state index is 11.7. The number of nitrogens with zero attached hydrogens (tertiary/aromatic N) is 1. The lowest BCUT2D eigenvalue weighted by Crippen LogP contribution is -2.22. The Morgan fingerprint density at radius 3 is 2.89 bits per heavy atom. The van der Waals surface area contributed by atoms with E-state index in [1.165, 1.54) is 0 Å². The molecule has 1 amide bonds. The van der Waals surface area contributed by atoms with Gasteiger partial charge in [-0.1, -0.05) is 34.4 Å². The third-order valence-electron chi connectivity index (χ3n) is 2.28. The van der Waals surface area contributed by atoms with Gasteiger partial charge in [0, 0.05) is 6.07 Å². The zero-order chi connectivity index (χ0) is 13.8. The van der Waals surface area contributed by atoms with Crippen LogP contribution in [0.5, 0.6) is 0 Å². The maximum atomic E-state index is 11.7. The van der Waals surface area contributed by atoms with Gasteiger partial charge in [0.2, 0.25) is 5.91 Å². The molecular weight excluding hydrogens is 289 g/mol. The van der Waals surface area contributed by atoms with E-state index in [1.54, 1.807) is 31.2 Å². The molecular formula is C12H11Cl2N3O2. The van der Waals surface area contributed by atoms with E-state index in [9.17, 15) is 4.79 Å². The van der Waals surface area contributed by atoms with E-state index in [1.807, 2.05) is 0 Å². The van der Waals surface area contributed by atoms with Crippen LogP contribution in [-0.2, 0) is 4.79 Å². The Morgan fingerprint density at radius 1 is 1.42 bits per heavy atom. The van der Waals surface area contributed by atoms with Gasteiger partial charge in [0.05, 0.1) is 22.3 Å². The Bertz CT molecular complexity index is 598. The molecule has 0 aliphatic carbocycles. The van der Waals surface area contributed by atoms with Crippen molar-refractivity contribution in [3.05, 3.63) is 40.1 Å². The molecule has 0 bridgehead atoms. The molecule has 0 aliphatic heterocycles. The van der Waals surface area contributed by atoms with Crippen molar-refractivity contribution in [1.82, 2.24) is 5.16 Å². The number of rotatable bonds is 4. The highest BCUT2D eigenvalue weighted by Crippen LogP contribution is 2.29. The first-order valence-corrected chi connectivity index (χ1v) is 6.23. The number of aryl methyl sites for hydroxylation is 1. The van der Waals surface area contributed by atoms with Gasteiger partial charge in [0.1, 0.15) is 5.76 Å². The third kappa shape index (κ3) is 3.62. The summed E-state index contributed by atoms with van der Waals surface area (Å²) < 4.78 is 4.87. The quantitative estimate of drug-likeness (QED) is 0.908. The Morgan fingerprint density at radius 2 is 2.21 bits per heavy atom. The summed E-state index contributed by atoms with van der Waals surface area (Å²) in [7, 11) is 0. The Hall–Kier alpha value is -1.72. The lowest BCUT2D eigenvalue weighted by Gasteiger charge is -2.08. The van der Waals surface area contributed by atoms with Crippen molar-refractivity contribution in [3.8, 4) is 0 Å². The number of carbonyl (C=O) groups is 1. The lowest BCUT2D eigenvalue weighted by molar-refractivity contribution is -0.114. The second-order valence-corrected chi connectivity index (χ2v) is 4.61. The summed E-state index contributed by atoms with van der Waals surface area (Å²) in [5, 5.41) is 9.89. The summed E-state index contributed by atoms with van der Waals surface area (Å²) in [5.74, 6) is 0.912. The number of carbonyl (C=O) groups excluding carboxylic acids is 1. The van der Waals surface area contributed by atoms with Gasteiger partial charge in [0.15, 0.2) is 5.82 Å². The van der Waals surface area contributed by atoms with Gasteiger partial charge in [0.25, 0.3) is 0 Å². The van der Waals surface area contributed by atoms with E-state index in [0.29, 0.717) is 27.3 Å². The number of amides is 1. The van der Waals surface area contributed by atoms with Crippen LogP contribution >= 0.6 is 23.2 Å². The van der Waals surface area contributed by atoms with Crippen molar-refractivity contribution in [2.75, 3.05) is 17.2 Å². The molecule has 0 atom stereocenters. The van der Waals surface area contributed by atoms with Crippen LogP contribution in [0.2, 0.25) is 10.0 Å². The van der Waals surface area contributed by atoms with Crippen molar-refractivity contribution in [2.45, 2.75) is 6.92 Å². The molecule has 100 valence electrons. The smallest absolute Gasteiger partial charge is 0.243 e. The molecule has 0 fully saturated rings. The molecule has 5 nitrogen and oxygen atoms in total. The number of hydrogen-bond donors (Lipinski definition) is 2. The van der Waals surface area contributed by atoms with Gasteiger partial charge >= 0.3 is 0 Å². The number of benzene rings is 1. The summed E-state index contributed by atoms with van der Waals surface area (Å²) >= 11 is 11.8. The largest absolute Gasteiger partial charge is 0.360 e. The minimum atomic E-state index is -0.259. The van der Waals surface area contributed by atoms with E-state index >= 15 is 0 Å². The second-order valence-electron chi connectivity index (χ2n) is 3.83. The molecule has 2 aromatic rings. The number of anilines is 2. The predicted octanol–water partition coefficient (Wildman–Crippen LogP) is 3.34. The normalized spacial score (nSPS) is 10.3. The molecule has 0 radical (unpaired) electrons. The van der Waals surface area contributed by atoms with Gasteiger partial charge in [-0.25, -0.2) is 0 Å². The molecule has 0 saturated heterocycles. The predicted molar refractivity (Wildman–Crippen MR) is 74.8 cm³/mol. The highest BCUT2D eigenvalue weighted by Gasteiger charge is 2.08. The van der Waals surface area contributed by atoms with E-state index in [4.69, 9.17) is 27.7 Å². The fourth-order valence-corrected chi connectivity index (χ4v) is 1.76. The number of aromatic nitrogens is 1. The number of halogens is 2. The lowest BCUT2D eigenvalue weighted by atomic mass is 10.3. The van der Waals surface area contributed by atoms with E-state index in [2.05, 4.69) is 15.8 Å². The van der Waals surface area contributed by atoms with E-state index in [-0.39, 0.29) is 12.5 Å². The fraction of sp³-hybridized carbons (Fsp3) is 0.167. The van der Waals surface area contributed by atoms with Crippen LogP contribution in [0, 0.1) is 6.92 Å². The molecule has 0 spiro atoms. The monoisotopic (exact) mass is 299 g/mol. The average Bonchev–Trinajstić information content (AvgIpc) is 2.78. The Labute approximate surface area is 119 Å². The minimum Gasteiger partial charge on any atom is -0.360 e. The fourth-order valence-electron chi connectivity index (χ4n) is 1.42. The standard InChI is InChI=1S/C12H11Cl2N3O2/c1-7-5-10(17-19-7)15-6-11(18)16-9-4-2-3-8(13)12(9)14/h2-5H,6H2,1H3,(H,15,17)(H,16,18). The van der Waals surface area contributed by atoms with E-state index < -0.39 is 0 Å². The van der Waals surface area contributed by atoms with Crippen molar-refractivity contribution >= 4 is 40.6 Å². The van der Waals surface area contributed by atoms with Crippen LogP contribution in [0.4, 0.5) is 11.5 Å². The van der Waals surface area contributed by atoms with Gasteiger partial charge in [-0.3, -0.25) is 4.79 Å². The number of nitrogens with one attached hydrogen (secondary N) is 2. The highest BCUT2D eigenvalue weighted by molar-refractivity contribution is 6.44. The molecule has 0 unspecified atom stereocenters. The van der Waals surface area contributed by atoms with E-state index in [0.717, 1.165) is 0 Å². The topological polar surface area (TPSA) is 67.2 Å². The third-order valence-corrected chi connectivity index (χ3v) is 3.10. The molecule has 0 aliphatic rings. The first kappa shape index (κ1) is 13.7. The van der Waals surface area contributed by atoms with Gasteiger partial charge in [-0.15, -0.1) is 0 Å². The maximum Gasteiger partial charge on any atom is 0.243 e. The SMILES string of the molecule is Cc1cc(NCC(=O)Nc2cccc(Cl)c2Cl)no1. The molecule has 19 heavy (non-hydrogen) atoms. The molecule has 1 aromatic carbocycles. The van der Waals surface area contributed by atoms with Crippen LogP contribution < -0.4 is 10.6 Å². The van der Waals surface area contributed by atoms with Crippen molar-refractivity contribution in [2.24, 2.45) is 0 Å². The second kappa shape index (κ2) is 5.95. The van der Waals surface area contributed by atoms with Gasteiger partial charge in [-0.2, -0.15) is 0 Å². The molecule has 1 aromatic heterocycles. The van der Waals surface area contributed by atoms with Crippen LogP contribution in [0.15, 0.2) is 28.8 Å². The van der Waals surface area contributed by atoms with Gasteiger partial charge < -0.3 is 15.2 Å². The average molecular weight is 300 g/mol. The minimum absolute atomic E-state index is 0.0504. The Balaban J connectivity index is 1.92. The summed E-state index contributed by atoms with van der Waals surface area (Å²) in [4.78, 5) is 11.7. The molecule has 1 heterocycles. The van der Waals surface area contributed by atoms with Gasteiger partial charge in [-0.05, 0) is 19.1 Å². The van der Waals surface area contributed by atoms with Crippen LogP contribution in [0.25, 0.3) is 0 Å². The van der Waals surface area contributed by atoms with Crippen molar-refractivity contribution in [1.29, 1.82) is 0 Å². The first-order valence-electron chi connectivity index (χ1n) is 5.47. The summed E-state index contributed by atoms with van der Waals surface area (Å²) in [6.07, 6.45) is 0. The van der Waals surface area contributed by atoms with Crippen molar-refractivity contribution < 1.29 is 9.32 Å². The summed E-state index contributed by atoms with van der Waals surface area (Å²) in [6.45, 7) is 1.82. The first-order chi connectivity index (χ1) is 9.06. The summed E-state index contributed by atoms with van der Waals surface area (Å²) in [6, 6.07) is 6.72. The zero-order valence-corrected chi connectivity index (χ0v) is 11.5. The van der Waals surface area contributed by atoms with Crippen LogP contribution in [0.3, 0.4) is 0 Å². The van der Waals surface area contributed by atoms with Crippen molar-refractivity contribution in [3.63, 3.8) is 0 Å².